The number of hydrogen-bond donors (Lipinski definition) is 1. The molecule has 0 radical (unpaired) electrons. The molecule has 2 aromatic heterocycles. The summed E-state index contributed by atoms with van der Waals surface area (Å²) in [6.45, 7) is 2.82. The molecule has 4 rings (SSSR count). The predicted molar refractivity (Wildman–Crippen MR) is 115 cm³/mol. The van der Waals surface area contributed by atoms with Gasteiger partial charge in [-0.3, -0.25) is 14.9 Å². The van der Waals surface area contributed by atoms with Gasteiger partial charge in [0.05, 0.1) is 20.9 Å². The number of nitro groups is 1. The molecule has 31 heavy (non-hydrogen) atoms. The molecule has 1 N–H and O–H groups in total. The zero-order valence-corrected chi connectivity index (χ0v) is 17.7. The van der Waals surface area contributed by atoms with Crippen LogP contribution in [0.2, 0.25) is 0 Å². The zero-order chi connectivity index (χ0) is 22.0. The molecular formula is C20H19N7O3S. The number of nitrogens with one attached hydrogen (secondary N) is 1. The Hall–Kier alpha value is -3.73. The van der Waals surface area contributed by atoms with E-state index in [4.69, 9.17) is 0 Å². The van der Waals surface area contributed by atoms with E-state index in [2.05, 4.69) is 20.5 Å². The number of rotatable bonds is 7. The van der Waals surface area contributed by atoms with Gasteiger partial charge >= 0.3 is 0 Å². The fourth-order valence-electron chi connectivity index (χ4n) is 3.21. The van der Waals surface area contributed by atoms with E-state index in [1.54, 1.807) is 23.7 Å². The predicted octanol–water partition coefficient (Wildman–Crippen LogP) is 2.96. The van der Waals surface area contributed by atoms with Crippen LogP contribution in [-0.4, -0.2) is 41.7 Å². The largest absolute Gasteiger partial charge is 0.350 e. The number of aryl methyl sites for hydroxylation is 2. The van der Waals surface area contributed by atoms with Gasteiger partial charge in [0.25, 0.3) is 11.6 Å². The molecule has 158 valence electrons. The van der Waals surface area contributed by atoms with Crippen LogP contribution < -0.4 is 5.32 Å². The summed E-state index contributed by atoms with van der Waals surface area (Å²) in [6.07, 6.45) is 1.52. The minimum Gasteiger partial charge on any atom is -0.350 e. The van der Waals surface area contributed by atoms with E-state index in [0.717, 1.165) is 28.6 Å². The Kier molecular flexibility index (Phi) is 5.67. The third-order valence-electron chi connectivity index (χ3n) is 4.76. The van der Waals surface area contributed by atoms with Crippen LogP contribution in [0.4, 0.5) is 5.69 Å². The molecular weight excluding hydrogens is 418 g/mol. The van der Waals surface area contributed by atoms with Gasteiger partial charge in [0.1, 0.15) is 12.2 Å². The summed E-state index contributed by atoms with van der Waals surface area (Å²) in [5.74, 6) is 0.483. The number of benzene rings is 2. The lowest BCUT2D eigenvalue weighted by Crippen LogP contribution is -2.27. The van der Waals surface area contributed by atoms with Crippen molar-refractivity contribution in [3.8, 4) is 0 Å². The van der Waals surface area contributed by atoms with Gasteiger partial charge in [-0.25, -0.2) is 4.98 Å². The molecule has 11 heteroatoms. The van der Waals surface area contributed by atoms with E-state index in [9.17, 15) is 14.9 Å². The SMILES string of the molecule is Cc1nc2ccccc2n1CCNC(=O)c1ccc(Sc2nncn2C)c([N+](=O)[O-])c1. The van der Waals surface area contributed by atoms with Gasteiger partial charge < -0.3 is 14.5 Å². The van der Waals surface area contributed by atoms with Gasteiger partial charge in [-0.15, -0.1) is 10.2 Å². The smallest absolute Gasteiger partial charge is 0.284 e. The third kappa shape index (κ3) is 4.26. The Morgan fingerprint density at radius 1 is 1.26 bits per heavy atom. The average molecular weight is 437 g/mol. The maximum Gasteiger partial charge on any atom is 0.284 e. The number of fused-ring (bicyclic) bond motifs is 1. The fourth-order valence-corrected chi connectivity index (χ4v) is 4.06. The summed E-state index contributed by atoms with van der Waals surface area (Å²) < 4.78 is 3.69. The highest BCUT2D eigenvalue weighted by molar-refractivity contribution is 7.99. The molecule has 0 aliphatic carbocycles. The van der Waals surface area contributed by atoms with E-state index in [1.807, 2.05) is 35.8 Å². The number of nitro benzene ring substituents is 1. The summed E-state index contributed by atoms with van der Waals surface area (Å²) in [4.78, 5) is 28.5. The Morgan fingerprint density at radius 2 is 2.06 bits per heavy atom. The fraction of sp³-hybridized carbons (Fsp3) is 0.200. The van der Waals surface area contributed by atoms with Crippen molar-refractivity contribution < 1.29 is 9.72 Å². The molecule has 0 bridgehead atoms. The van der Waals surface area contributed by atoms with Gasteiger partial charge in [-0.05, 0) is 43.0 Å². The van der Waals surface area contributed by atoms with Crippen LogP contribution in [-0.2, 0) is 13.6 Å². The van der Waals surface area contributed by atoms with Crippen molar-refractivity contribution in [2.45, 2.75) is 23.5 Å². The molecule has 0 atom stereocenters. The van der Waals surface area contributed by atoms with Crippen LogP contribution in [0.15, 0.2) is 58.8 Å². The Morgan fingerprint density at radius 3 is 2.81 bits per heavy atom. The maximum absolute atomic E-state index is 12.6. The summed E-state index contributed by atoms with van der Waals surface area (Å²) in [5, 5.41) is 22.6. The van der Waals surface area contributed by atoms with Crippen LogP contribution >= 0.6 is 11.8 Å². The molecule has 1 amide bonds. The van der Waals surface area contributed by atoms with E-state index < -0.39 is 4.92 Å². The van der Waals surface area contributed by atoms with E-state index in [1.165, 1.54) is 12.4 Å². The lowest BCUT2D eigenvalue weighted by atomic mass is 10.2. The number of nitrogens with zero attached hydrogens (tertiary/aromatic N) is 6. The van der Waals surface area contributed by atoms with Crippen molar-refractivity contribution in [1.29, 1.82) is 0 Å². The second-order valence-electron chi connectivity index (χ2n) is 6.82. The average Bonchev–Trinajstić information content (AvgIpc) is 3.30. The topological polar surface area (TPSA) is 121 Å². The molecule has 0 saturated heterocycles. The van der Waals surface area contributed by atoms with E-state index >= 15 is 0 Å². The molecule has 0 spiro atoms. The molecule has 10 nitrogen and oxygen atoms in total. The summed E-state index contributed by atoms with van der Waals surface area (Å²) >= 11 is 1.12. The molecule has 0 saturated carbocycles. The van der Waals surface area contributed by atoms with Crippen LogP contribution in [0.25, 0.3) is 11.0 Å². The number of amides is 1. The Balaban J connectivity index is 1.47. The molecule has 0 aliphatic heterocycles. The number of carbonyl (C=O) groups excluding carboxylic acids is 1. The molecule has 2 heterocycles. The summed E-state index contributed by atoms with van der Waals surface area (Å²) in [5.41, 5.74) is 1.96. The van der Waals surface area contributed by atoms with Crippen molar-refractivity contribution in [2.75, 3.05) is 6.54 Å². The Bertz CT molecular complexity index is 1280. The molecule has 2 aromatic carbocycles. The highest BCUT2D eigenvalue weighted by Gasteiger charge is 2.20. The Labute approximate surface area is 181 Å². The van der Waals surface area contributed by atoms with Crippen molar-refractivity contribution in [2.24, 2.45) is 7.05 Å². The van der Waals surface area contributed by atoms with E-state index in [-0.39, 0.29) is 17.2 Å². The highest BCUT2D eigenvalue weighted by Crippen LogP contribution is 2.34. The van der Waals surface area contributed by atoms with Crippen LogP contribution in [0.5, 0.6) is 0 Å². The van der Waals surface area contributed by atoms with Crippen molar-refractivity contribution in [3.05, 3.63) is 70.3 Å². The van der Waals surface area contributed by atoms with Crippen LogP contribution in [0.1, 0.15) is 16.2 Å². The summed E-state index contributed by atoms with van der Waals surface area (Å²) in [7, 11) is 1.75. The summed E-state index contributed by atoms with van der Waals surface area (Å²) in [6, 6.07) is 12.2. The first kappa shape index (κ1) is 20.5. The number of aromatic nitrogens is 5. The van der Waals surface area contributed by atoms with Crippen molar-refractivity contribution in [3.63, 3.8) is 0 Å². The second-order valence-corrected chi connectivity index (χ2v) is 7.83. The quantitative estimate of drug-likeness (QED) is 0.348. The van der Waals surface area contributed by atoms with Gasteiger partial charge in [-0.1, -0.05) is 12.1 Å². The number of imidazole rings is 1. The number of carbonyl (C=O) groups is 1. The molecule has 0 fully saturated rings. The zero-order valence-electron chi connectivity index (χ0n) is 16.8. The minimum absolute atomic E-state index is 0.155. The molecule has 0 unspecified atom stereocenters. The number of hydrogen-bond acceptors (Lipinski definition) is 7. The van der Waals surface area contributed by atoms with Gasteiger partial charge in [0.2, 0.25) is 0 Å². The molecule has 4 aromatic rings. The normalized spacial score (nSPS) is 11.0. The lowest BCUT2D eigenvalue weighted by molar-refractivity contribution is -0.387. The lowest BCUT2D eigenvalue weighted by Gasteiger charge is -2.09. The van der Waals surface area contributed by atoms with Gasteiger partial charge in [0, 0.05) is 31.8 Å². The van der Waals surface area contributed by atoms with Gasteiger partial charge in [-0.2, -0.15) is 0 Å². The second kappa shape index (κ2) is 8.56. The van der Waals surface area contributed by atoms with Crippen LogP contribution in [0.3, 0.4) is 0 Å². The minimum atomic E-state index is -0.504. The molecule has 0 aliphatic rings. The monoisotopic (exact) mass is 437 g/mol. The first-order valence-corrected chi connectivity index (χ1v) is 10.3. The number of para-hydroxylation sites is 2. The van der Waals surface area contributed by atoms with Crippen molar-refractivity contribution >= 4 is 34.4 Å². The first-order chi connectivity index (χ1) is 14.9. The maximum atomic E-state index is 12.6. The standard InChI is InChI=1S/C20H19N7O3S/c1-13-23-15-5-3-4-6-16(15)26(13)10-9-21-19(28)14-7-8-18(17(11-14)27(29)30)31-20-24-22-12-25(20)2/h3-8,11-12H,9-10H2,1-2H3,(H,21,28). The highest BCUT2D eigenvalue weighted by atomic mass is 32.2. The first-order valence-electron chi connectivity index (χ1n) is 9.44. The van der Waals surface area contributed by atoms with E-state index in [0.29, 0.717) is 23.1 Å². The van der Waals surface area contributed by atoms with Crippen LogP contribution in [0, 0.1) is 17.0 Å². The van der Waals surface area contributed by atoms with Crippen molar-refractivity contribution in [1.82, 2.24) is 29.6 Å². The third-order valence-corrected chi connectivity index (χ3v) is 5.87. The van der Waals surface area contributed by atoms with Gasteiger partial charge in [0.15, 0.2) is 5.16 Å².